The predicted octanol–water partition coefficient (Wildman–Crippen LogP) is 6.87. The predicted molar refractivity (Wildman–Crippen MR) is 133 cm³/mol. The highest BCUT2D eigenvalue weighted by Crippen LogP contribution is 2.40. The number of rotatable bonds is 7. The monoisotopic (exact) mass is 420 g/mol. The molecule has 3 rings (SSSR count). The Bertz CT molecular complexity index is 764. The molecule has 1 nitrogen and oxygen atoms in total. The molecule has 1 saturated carbocycles. The minimum Gasteiger partial charge on any atom is -0.404 e. The van der Waals surface area contributed by atoms with Gasteiger partial charge in [0.25, 0.3) is 8.32 Å². The molecule has 0 amide bonds. The van der Waals surface area contributed by atoms with Gasteiger partial charge in [0.15, 0.2) is 0 Å². The Morgan fingerprint density at radius 2 is 1.53 bits per heavy atom. The first-order valence-corrected chi connectivity index (χ1v) is 13.7. The highest BCUT2D eigenvalue weighted by Gasteiger charge is 2.51. The lowest BCUT2D eigenvalue weighted by molar-refractivity contribution is 0.114. The van der Waals surface area contributed by atoms with Crippen LogP contribution >= 0.6 is 0 Å². The van der Waals surface area contributed by atoms with Crippen LogP contribution in [0.5, 0.6) is 0 Å². The SMILES string of the molecule is CCC(C)=CC[C@H]1CCC[C@@H](O[Si](c2ccccc2)(c2ccccc2)C(C)(C)C)C1. The third-order valence-electron chi connectivity index (χ3n) is 6.85. The maximum absolute atomic E-state index is 7.40. The zero-order valence-electron chi connectivity index (χ0n) is 19.7. The largest absolute Gasteiger partial charge is 0.404 e. The maximum atomic E-state index is 7.40. The summed E-state index contributed by atoms with van der Waals surface area (Å²) in [6, 6.07) is 22.2. The van der Waals surface area contributed by atoms with Gasteiger partial charge in [-0.05, 0) is 60.4 Å². The van der Waals surface area contributed by atoms with E-state index < -0.39 is 8.32 Å². The molecule has 30 heavy (non-hydrogen) atoms. The first kappa shape index (κ1) is 23.0. The van der Waals surface area contributed by atoms with Crippen molar-refractivity contribution in [3.05, 3.63) is 72.3 Å². The van der Waals surface area contributed by atoms with Gasteiger partial charge in [0.2, 0.25) is 0 Å². The molecule has 2 heteroatoms. The molecule has 2 atom stereocenters. The molecule has 0 aliphatic heterocycles. The smallest absolute Gasteiger partial charge is 0.261 e. The van der Waals surface area contributed by atoms with Crippen LogP contribution in [0.1, 0.15) is 73.1 Å². The summed E-state index contributed by atoms with van der Waals surface area (Å²) in [6.07, 6.45) is 10.2. The first-order chi connectivity index (χ1) is 14.4. The Hall–Kier alpha value is -1.64. The fraction of sp³-hybridized carbons (Fsp3) is 0.500. The van der Waals surface area contributed by atoms with Crippen molar-refractivity contribution in [2.24, 2.45) is 5.92 Å². The number of benzene rings is 2. The van der Waals surface area contributed by atoms with Gasteiger partial charge in [0, 0.05) is 6.10 Å². The van der Waals surface area contributed by atoms with E-state index >= 15 is 0 Å². The third kappa shape index (κ3) is 5.15. The molecule has 2 aromatic carbocycles. The molecule has 162 valence electrons. The third-order valence-corrected chi connectivity index (χ3v) is 11.9. The summed E-state index contributed by atoms with van der Waals surface area (Å²) >= 11 is 0. The average Bonchev–Trinajstić information content (AvgIpc) is 2.76. The fourth-order valence-corrected chi connectivity index (χ4v) is 9.75. The van der Waals surface area contributed by atoms with Crippen molar-refractivity contribution in [3.8, 4) is 0 Å². The van der Waals surface area contributed by atoms with Gasteiger partial charge < -0.3 is 4.43 Å². The van der Waals surface area contributed by atoms with Gasteiger partial charge in [-0.1, -0.05) is 106 Å². The zero-order chi connectivity index (χ0) is 21.6. The number of hydrogen-bond donors (Lipinski definition) is 0. The summed E-state index contributed by atoms with van der Waals surface area (Å²) in [6.45, 7) is 11.7. The van der Waals surface area contributed by atoms with Gasteiger partial charge in [-0.3, -0.25) is 0 Å². The standard InChI is InChI=1S/C28H40OSi/c1-6-23(2)20-21-24-14-13-15-25(22-24)29-30(28(3,4)5,26-16-9-7-10-17-26)27-18-11-8-12-19-27/h7-12,16-20,24-25H,6,13-15,21-22H2,1-5H3/t24-,25-/m1/s1. The lowest BCUT2D eigenvalue weighted by Crippen LogP contribution is -2.67. The first-order valence-electron chi connectivity index (χ1n) is 11.8. The Labute approximate surface area is 185 Å². The van der Waals surface area contributed by atoms with Crippen LogP contribution in [0.15, 0.2) is 72.3 Å². The van der Waals surface area contributed by atoms with Gasteiger partial charge in [0.05, 0.1) is 0 Å². The molecule has 2 aromatic rings. The van der Waals surface area contributed by atoms with Crippen LogP contribution in [-0.2, 0) is 4.43 Å². The van der Waals surface area contributed by atoms with E-state index in [1.807, 2.05) is 0 Å². The van der Waals surface area contributed by atoms with E-state index in [-0.39, 0.29) is 5.04 Å². The van der Waals surface area contributed by atoms with Crippen LogP contribution in [0.4, 0.5) is 0 Å². The van der Waals surface area contributed by atoms with Gasteiger partial charge in [-0.15, -0.1) is 0 Å². The maximum Gasteiger partial charge on any atom is 0.261 e. The van der Waals surface area contributed by atoms with Crippen molar-refractivity contribution in [1.29, 1.82) is 0 Å². The Balaban J connectivity index is 1.95. The van der Waals surface area contributed by atoms with Crippen LogP contribution in [0.3, 0.4) is 0 Å². The molecule has 0 spiro atoms. The molecule has 1 fully saturated rings. The molecule has 1 aliphatic rings. The highest BCUT2D eigenvalue weighted by molar-refractivity contribution is 6.99. The lowest BCUT2D eigenvalue weighted by atomic mass is 9.85. The van der Waals surface area contributed by atoms with Gasteiger partial charge in [-0.2, -0.15) is 0 Å². The summed E-state index contributed by atoms with van der Waals surface area (Å²) in [5.41, 5.74) is 1.52. The molecule has 0 radical (unpaired) electrons. The average molecular weight is 421 g/mol. The van der Waals surface area contributed by atoms with Crippen molar-refractivity contribution < 1.29 is 4.43 Å². The minimum absolute atomic E-state index is 0.0569. The molecule has 0 unspecified atom stereocenters. The van der Waals surface area contributed by atoms with Gasteiger partial charge >= 0.3 is 0 Å². The Morgan fingerprint density at radius 3 is 2.03 bits per heavy atom. The summed E-state index contributed by atoms with van der Waals surface area (Å²) in [7, 11) is -2.43. The van der Waals surface area contributed by atoms with Crippen LogP contribution < -0.4 is 10.4 Å². The topological polar surface area (TPSA) is 9.23 Å². The molecule has 0 aromatic heterocycles. The van der Waals surface area contributed by atoms with E-state index in [0.717, 1.165) is 12.3 Å². The highest BCUT2D eigenvalue weighted by atomic mass is 28.4. The minimum atomic E-state index is -2.43. The summed E-state index contributed by atoms with van der Waals surface area (Å²) in [5.74, 6) is 0.753. The molecular formula is C28H40OSi. The van der Waals surface area contributed by atoms with Crippen LogP contribution in [0, 0.1) is 5.92 Å². The second kappa shape index (κ2) is 10.1. The van der Waals surface area contributed by atoms with E-state index in [1.54, 1.807) is 0 Å². The van der Waals surface area contributed by atoms with E-state index in [0.29, 0.717) is 6.10 Å². The van der Waals surface area contributed by atoms with Crippen molar-refractivity contribution in [3.63, 3.8) is 0 Å². The summed E-state index contributed by atoms with van der Waals surface area (Å²) < 4.78 is 7.40. The quantitative estimate of drug-likeness (QED) is 0.351. The summed E-state index contributed by atoms with van der Waals surface area (Å²) in [5, 5.41) is 2.85. The molecular weight excluding hydrogens is 380 g/mol. The number of allylic oxidation sites excluding steroid dienone is 2. The molecule has 0 N–H and O–H groups in total. The Morgan fingerprint density at radius 1 is 0.967 bits per heavy atom. The normalized spacial score (nSPS) is 20.9. The van der Waals surface area contributed by atoms with E-state index in [4.69, 9.17) is 4.43 Å². The van der Waals surface area contributed by atoms with Crippen molar-refractivity contribution in [1.82, 2.24) is 0 Å². The fourth-order valence-electron chi connectivity index (χ4n) is 5.02. The van der Waals surface area contributed by atoms with Crippen molar-refractivity contribution in [2.45, 2.75) is 84.3 Å². The Kier molecular flexibility index (Phi) is 7.76. The van der Waals surface area contributed by atoms with E-state index in [2.05, 4.69) is 101 Å². The van der Waals surface area contributed by atoms with Gasteiger partial charge in [-0.25, -0.2) is 0 Å². The molecule has 0 heterocycles. The van der Waals surface area contributed by atoms with E-state index in [9.17, 15) is 0 Å². The second-order valence-electron chi connectivity index (χ2n) is 10.1. The summed E-state index contributed by atoms with van der Waals surface area (Å²) in [4.78, 5) is 0. The molecule has 0 saturated heterocycles. The molecule has 1 aliphatic carbocycles. The van der Waals surface area contributed by atoms with Crippen molar-refractivity contribution in [2.75, 3.05) is 0 Å². The van der Waals surface area contributed by atoms with Crippen LogP contribution in [-0.4, -0.2) is 14.4 Å². The molecule has 0 bridgehead atoms. The van der Waals surface area contributed by atoms with Crippen molar-refractivity contribution >= 4 is 18.7 Å². The lowest BCUT2D eigenvalue weighted by Gasteiger charge is -2.46. The van der Waals surface area contributed by atoms with Crippen LogP contribution in [0.25, 0.3) is 0 Å². The van der Waals surface area contributed by atoms with Gasteiger partial charge in [0.1, 0.15) is 0 Å². The number of hydrogen-bond acceptors (Lipinski definition) is 1. The second-order valence-corrected chi connectivity index (χ2v) is 14.3. The van der Waals surface area contributed by atoms with E-state index in [1.165, 1.54) is 48.1 Å². The van der Waals surface area contributed by atoms with Crippen LogP contribution in [0.2, 0.25) is 5.04 Å². The zero-order valence-corrected chi connectivity index (χ0v) is 20.7.